The second-order valence-electron chi connectivity index (χ2n) is 6.80. The summed E-state index contributed by atoms with van der Waals surface area (Å²) in [6, 6.07) is 10.1. The number of hydrogen-bond acceptors (Lipinski definition) is 5. The van der Waals surface area contributed by atoms with Crippen molar-refractivity contribution in [2.45, 2.75) is 26.8 Å². The monoisotopic (exact) mass is 395 g/mol. The van der Waals surface area contributed by atoms with Crippen LogP contribution in [-0.4, -0.2) is 53.8 Å². The smallest absolute Gasteiger partial charge is 0.239 e. The van der Waals surface area contributed by atoms with Crippen LogP contribution in [0.3, 0.4) is 0 Å². The number of carbonyl (C=O) groups excluding carboxylic acids is 1. The number of fused-ring (bicyclic) bond motifs is 1. The first-order valence-electron chi connectivity index (χ1n) is 10.1. The number of nitrogens with one attached hydrogen (secondary N) is 1. The minimum absolute atomic E-state index is 0.0352. The Balaban J connectivity index is 2.01. The van der Waals surface area contributed by atoms with Crippen LogP contribution in [0.1, 0.15) is 20.3 Å². The van der Waals surface area contributed by atoms with Crippen LogP contribution in [0.2, 0.25) is 0 Å². The quantitative estimate of drug-likeness (QED) is 0.534. The van der Waals surface area contributed by atoms with E-state index in [9.17, 15) is 4.79 Å². The fourth-order valence-electron chi connectivity index (χ4n) is 3.48. The highest BCUT2D eigenvalue weighted by molar-refractivity contribution is 5.99. The number of carbonyl (C=O) groups is 1. The van der Waals surface area contributed by atoms with Gasteiger partial charge in [0.1, 0.15) is 23.9 Å². The third-order valence-electron chi connectivity index (χ3n) is 4.94. The number of methoxy groups -OCH3 is 1. The Bertz CT molecular complexity index is 935. The van der Waals surface area contributed by atoms with Crippen LogP contribution >= 0.6 is 0 Å². The number of ether oxygens (including phenoxy) is 1. The van der Waals surface area contributed by atoms with Gasteiger partial charge >= 0.3 is 0 Å². The van der Waals surface area contributed by atoms with Gasteiger partial charge in [-0.25, -0.2) is 9.97 Å². The number of rotatable bonds is 10. The molecule has 2 heterocycles. The molecule has 3 aromatic rings. The summed E-state index contributed by atoms with van der Waals surface area (Å²) in [5.74, 6) is 0.821. The molecule has 7 heteroatoms. The van der Waals surface area contributed by atoms with Gasteiger partial charge in [-0.1, -0.05) is 30.3 Å². The van der Waals surface area contributed by atoms with Gasteiger partial charge in [-0.2, -0.15) is 0 Å². The van der Waals surface area contributed by atoms with Gasteiger partial charge in [0.25, 0.3) is 0 Å². The van der Waals surface area contributed by atoms with Gasteiger partial charge in [0.15, 0.2) is 5.82 Å². The minimum atomic E-state index is -0.0352. The largest absolute Gasteiger partial charge is 0.385 e. The third kappa shape index (κ3) is 4.74. The van der Waals surface area contributed by atoms with Crippen molar-refractivity contribution in [2.75, 3.05) is 38.3 Å². The van der Waals surface area contributed by atoms with E-state index in [2.05, 4.69) is 46.2 Å². The summed E-state index contributed by atoms with van der Waals surface area (Å²) in [6.07, 6.45) is 4.41. The number of aromatic nitrogens is 3. The maximum Gasteiger partial charge on any atom is 0.239 e. The molecule has 0 aliphatic carbocycles. The van der Waals surface area contributed by atoms with E-state index < -0.39 is 0 Å². The Hall–Kier alpha value is -2.93. The van der Waals surface area contributed by atoms with Crippen molar-refractivity contribution in [1.82, 2.24) is 19.9 Å². The molecule has 0 spiro atoms. The van der Waals surface area contributed by atoms with Crippen molar-refractivity contribution < 1.29 is 9.53 Å². The molecule has 0 atom stereocenters. The van der Waals surface area contributed by atoms with Gasteiger partial charge in [-0.05, 0) is 25.8 Å². The first-order chi connectivity index (χ1) is 14.2. The van der Waals surface area contributed by atoms with Crippen LogP contribution in [0, 0.1) is 0 Å². The van der Waals surface area contributed by atoms with E-state index in [1.807, 2.05) is 29.0 Å². The molecule has 0 radical (unpaired) electrons. The van der Waals surface area contributed by atoms with Crippen LogP contribution in [-0.2, 0) is 16.1 Å². The van der Waals surface area contributed by atoms with Gasteiger partial charge < -0.3 is 19.5 Å². The molecule has 29 heavy (non-hydrogen) atoms. The Labute approximate surface area is 171 Å². The molecule has 0 fully saturated rings. The van der Waals surface area contributed by atoms with E-state index in [-0.39, 0.29) is 12.5 Å². The molecule has 0 unspecified atom stereocenters. The lowest BCUT2D eigenvalue weighted by molar-refractivity contribution is -0.121. The fourth-order valence-corrected chi connectivity index (χ4v) is 3.48. The lowest BCUT2D eigenvalue weighted by Gasteiger charge is -2.21. The van der Waals surface area contributed by atoms with Gasteiger partial charge in [0, 0.05) is 45.1 Å². The van der Waals surface area contributed by atoms with Crippen LogP contribution in [0.15, 0.2) is 42.9 Å². The minimum Gasteiger partial charge on any atom is -0.385 e. The first kappa shape index (κ1) is 20.8. The summed E-state index contributed by atoms with van der Waals surface area (Å²) in [5.41, 5.74) is 3.83. The number of amides is 1. The molecule has 2 aromatic heterocycles. The zero-order chi connectivity index (χ0) is 20.6. The van der Waals surface area contributed by atoms with E-state index in [1.165, 1.54) is 0 Å². The van der Waals surface area contributed by atoms with Crippen LogP contribution in [0.5, 0.6) is 0 Å². The Kier molecular flexibility index (Phi) is 7.19. The van der Waals surface area contributed by atoms with Gasteiger partial charge in [0.2, 0.25) is 5.91 Å². The van der Waals surface area contributed by atoms with Crippen molar-refractivity contribution in [2.24, 2.45) is 0 Å². The number of benzene rings is 1. The standard InChI is InChI=1S/C22H29N5O2/c1-4-26(5-2)22-21-20(24-16-25-22)18(17-10-7-6-8-11-17)14-27(21)15-19(28)23-12-9-13-29-3/h6-8,10-11,14,16H,4-5,9,12-13,15H2,1-3H3,(H,23,28). The molecule has 1 amide bonds. The van der Waals surface area contributed by atoms with Crippen molar-refractivity contribution in [3.63, 3.8) is 0 Å². The van der Waals surface area contributed by atoms with Gasteiger partial charge in [-0.15, -0.1) is 0 Å². The molecule has 0 saturated carbocycles. The van der Waals surface area contributed by atoms with Crippen molar-refractivity contribution in [1.29, 1.82) is 0 Å². The molecular formula is C22H29N5O2. The third-order valence-corrected chi connectivity index (χ3v) is 4.94. The van der Waals surface area contributed by atoms with E-state index in [0.29, 0.717) is 13.2 Å². The lowest BCUT2D eigenvalue weighted by Crippen LogP contribution is -2.29. The number of anilines is 1. The van der Waals surface area contributed by atoms with E-state index in [0.717, 1.165) is 47.5 Å². The molecular weight excluding hydrogens is 366 g/mol. The molecule has 3 rings (SSSR count). The fraction of sp³-hybridized carbons (Fsp3) is 0.409. The zero-order valence-corrected chi connectivity index (χ0v) is 17.4. The summed E-state index contributed by atoms with van der Waals surface area (Å²) in [6.45, 7) is 7.31. The van der Waals surface area contributed by atoms with Crippen molar-refractivity contribution in [3.05, 3.63) is 42.9 Å². The Morgan fingerprint density at radius 3 is 2.62 bits per heavy atom. The van der Waals surface area contributed by atoms with Crippen molar-refractivity contribution in [3.8, 4) is 11.1 Å². The maximum atomic E-state index is 12.6. The molecule has 0 aliphatic heterocycles. The summed E-state index contributed by atoms with van der Waals surface area (Å²) in [7, 11) is 1.66. The van der Waals surface area contributed by atoms with Gasteiger partial charge in [-0.3, -0.25) is 4.79 Å². The molecule has 0 aliphatic rings. The maximum absolute atomic E-state index is 12.6. The van der Waals surface area contributed by atoms with E-state index in [4.69, 9.17) is 4.74 Å². The van der Waals surface area contributed by atoms with Crippen molar-refractivity contribution >= 4 is 22.8 Å². The Morgan fingerprint density at radius 1 is 1.17 bits per heavy atom. The topological polar surface area (TPSA) is 72.3 Å². The SMILES string of the molecule is CCN(CC)c1ncnc2c(-c3ccccc3)cn(CC(=O)NCCCOC)c12. The average molecular weight is 396 g/mol. The molecule has 0 saturated heterocycles. The zero-order valence-electron chi connectivity index (χ0n) is 17.4. The summed E-state index contributed by atoms with van der Waals surface area (Å²) in [4.78, 5) is 23.9. The predicted molar refractivity (Wildman–Crippen MR) is 116 cm³/mol. The second-order valence-corrected chi connectivity index (χ2v) is 6.80. The molecule has 154 valence electrons. The summed E-state index contributed by atoms with van der Waals surface area (Å²) < 4.78 is 7.01. The van der Waals surface area contributed by atoms with Gasteiger partial charge in [0.05, 0.1) is 0 Å². The van der Waals surface area contributed by atoms with Crippen LogP contribution in [0.4, 0.5) is 5.82 Å². The molecule has 1 aromatic carbocycles. The highest BCUT2D eigenvalue weighted by atomic mass is 16.5. The van der Waals surface area contributed by atoms with E-state index >= 15 is 0 Å². The molecule has 1 N–H and O–H groups in total. The van der Waals surface area contributed by atoms with Crippen LogP contribution < -0.4 is 10.2 Å². The molecule has 7 nitrogen and oxygen atoms in total. The number of hydrogen-bond donors (Lipinski definition) is 1. The first-order valence-corrected chi connectivity index (χ1v) is 10.1. The highest BCUT2D eigenvalue weighted by Gasteiger charge is 2.19. The Morgan fingerprint density at radius 2 is 1.93 bits per heavy atom. The lowest BCUT2D eigenvalue weighted by atomic mass is 10.1. The molecule has 0 bridgehead atoms. The normalized spacial score (nSPS) is 11.0. The van der Waals surface area contributed by atoms with Crippen LogP contribution in [0.25, 0.3) is 22.2 Å². The average Bonchev–Trinajstić information content (AvgIpc) is 3.12. The summed E-state index contributed by atoms with van der Waals surface area (Å²) >= 11 is 0. The van der Waals surface area contributed by atoms with E-state index in [1.54, 1.807) is 13.4 Å². The highest BCUT2D eigenvalue weighted by Crippen LogP contribution is 2.33. The number of nitrogens with zero attached hydrogens (tertiary/aromatic N) is 4. The predicted octanol–water partition coefficient (Wildman–Crippen LogP) is 3.10. The second kappa shape index (κ2) is 10.0. The summed E-state index contributed by atoms with van der Waals surface area (Å²) in [5, 5.41) is 2.96.